The lowest BCUT2D eigenvalue weighted by Crippen LogP contribution is -2.30. The molecule has 0 aromatic heterocycles. The first-order valence-corrected chi connectivity index (χ1v) is 27.7. The van der Waals surface area contributed by atoms with Crippen molar-refractivity contribution in [2.24, 2.45) is 11.8 Å². The van der Waals surface area contributed by atoms with Crippen molar-refractivity contribution < 1.29 is 28.6 Å². The number of carbonyl (C=O) groups excluding carboxylic acids is 3. The second-order valence-corrected chi connectivity index (χ2v) is 20.2. The standard InChI is InChI=1S/C56H108O6/c1-6-7-8-9-10-24-31-36-41-46-54(57)60-49-53(50-61-55(58)47-42-37-32-27-22-19-15-17-21-26-30-35-40-45-52(4)5)62-56(59)48-43-38-33-28-23-18-14-12-11-13-16-20-25-29-34-39-44-51(2)3/h51-53H,6-50H2,1-5H3/t53-/m0/s1. The summed E-state index contributed by atoms with van der Waals surface area (Å²) in [4.78, 5) is 38.0. The van der Waals surface area contributed by atoms with E-state index in [0.29, 0.717) is 19.3 Å². The van der Waals surface area contributed by atoms with Crippen LogP contribution in [0.25, 0.3) is 0 Å². The molecule has 1 atom stereocenters. The molecule has 0 aromatic rings. The number of ether oxygens (including phenoxy) is 3. The van der Waals surface area contributed by atoms with E-state index in [4.69, 9.17) is 14.2 Å². The van der Waals surface area contributed by atoms with Crippen molar-refractivity contribution in [2.45, 2.75) is 317 Å². The summed E-state index contributed by atoms with van der Waals surface area (Å²) >= 11 is 0. The SMILES string of the molecule is CCCCCCCCCCCC(=O)OC[C@@H](COC(=O)CCCCCCCCCCCCCCCC(C)C)OC(=O)CCCCCCCCCCCCCCCCCCC(C)C. The van der Waals surface area contributed by atoms with Crippen LogP contribution in [0.4, 0.5) is 0 Å². The largest absolute Gasteiger partial charge is 0.462 e. The summed E-state index contributed by atoms with van der Waals surface area (Å²) in [5, 5.41) is 0. The van der Waals surface area contributed by atoms with Gasteiger partial charge in [0.05, 0.1) is 0 Å². The highest BCUT2D eigenvalue weighted by Gasteiger charge is 2.19. The average Bonchev–Trinajstić information content (AvgIpc) is 3.24. The summed E-state index contributed by atoms with van der Waals surface area (Å²) in [6.07, 6.45) is 51.0. The van der Waals surface area contributed by atoms with E-state index >= 15 is 0 Å². The third-order valence-corrected chi connectivity index (χ3v) is 12.7. The van der Waals surface area contributed by atoms with Gasteiger partial charge in [0, 0.05) is 19.3 Å². The molecule has 0 aliphatic carbocycles. The van der Waals surface area contributed by atoms with E-state index in [-0.39, 0.29) is 31.1 Å². The van der Waals surface area contributed by atoms with Crippen LogP contribution in [-0.2, 0) is 28.6 Å². The van der Waals surface area contributed by atoms with Crippen LogP contribution in [-0.4, -0.2) is 37.2 Å². The smallest absolute Gasteiger partial charge is 0.306 e. The van der Waals surface area contributed by atoms with Crippen LogP contribution >= 0.6 is 0 Å². The number of rotatable bonds is 50. The van der Waals surface area contributed by atoms with E-state index in [9.17, 15) is 14.4 Å². The Bertz CT molecular complexity index is 947. The zero-order chi connectivity index (χ0) is 45.4. The van der Waals surface area contributed by atoms with Gasteiger partial charge >= 0.3 is 17.9 Å². The Hall–Kier alpha value is -1.59. The van der Waals surface area contributed by atoms with Gasteiger partial charge in [-0.3, -0.25) is 14.4 Å². The molecular formula is C56H108O6. The Morgan fingerprint density at radius 1 is 0.306 bits per heavy atom. The highest BCUT2D eigenvalue weighted by molar-refractivity contribution is 5.71. The first-order chi connectivity index (χ1) is 30.2. The summed E-state index contributed by atoms with van der Waals surface area (Å²) in [6, 6.07) is 0. The van der Waals surface area contributed by atoms with Crippen molar-refractivity contribution in [3.63, 3.8) is 0 Å². The van der Waals surface area contributed by atoms with Crippen molar-refractivity contribution in [3.05, 3.63) is 0 Å². The molecule has 0 aliphatic heterocycles. The molecule has 0 aliphatic rings. The van der Waals surface area contributed by atoms with Gasteiger partial charge in [-0.05, 0) is 31.1 Å². The molecule has 0 N–H and O–H groups in total. The predicted octanol–water partition coefficient (Wildman–Crippen LogP) is 18.1. The highest BCUT2D eigenvalue weighted by Crippen LogP contribution is 2.18. The Morgan fingerprint density at radius 2 is 0.532 bits per heavy atom. The molecule has 368 valence electrons. The summed E-state index contributed by atoms with van der Waals surface area (Å²) in [5.41, 5.74) is 0. The van der Waals surface area contributed by atoms with Crippen LogP contribution < -0.4 is 0 Å². The Morgan fingerprint density at radius 3 is 0.790 bits per heavy atom. The molecule has 0 rings (SSSR count). The van der Waals surface area contributed by atoms with Gasteiger partial charge in [-0.25, -0.2) is 0 Å². The predicted molar refractivity (Wildman–Crippen MR) is 266 cm³/mol. The maximum Gasteiger partial charge on any atom is 0.306 e. The molecule has 0 aromatic carbocycles. The van der Waals surface area contributed by atoms with Crippen molar-refractivity contribution in [1.82, 2.24) is 0 Å². The lowest BCUT2D eigenvalue weighted by Gasteiger charge is -2.18. The second kappa shape index (κ2) is 48.9. The lowest BCUT2D eigenvalue weighted by atomic mass is 10.0. The summed E-state index contributed by atoms with van der Waals surface area (Å²) < 4.78 is 16.8. The summed E-state index contributed by atoms with van der Waals surface area (Å²) in [6.45, 7) is 11.4. The molecule has 0 bridgehead atoms. The number of esters is 3. The summed E-state index contributed by atoms with van der Waals surface area (Å²) in [7, 11) is 0. The molecule has 6 heteroatoms. The van der Waals surface area contributed by atoms with E-state index in [1.807, 2.05) is 0 Å². The molecule has 0 spiro atoms. The summed E-state index contributed by atoms with van der Waals surface area (Å²) in [5.74, 6) is 0.847. The van der Waals surface area contributed by atoms with Crippen LogP contribution in [0.5, 0.6) is 0 Å². The van der Waals surface area contributed by atoms with Gasteiger partial charge in [-0.15, -0.1) is 0 Å². The van der Waals surface area contributed by atoms with E-state index in [0.717, 1.165) is 69.6 Å². The fourth-order valence-corrected chi connectivity index (χ4v) is 8.52. The molecule has 0 amide bonds. The van der Waals surface area contributed by atoms with Crippen LogP contribution in [0.1, 0.15) is 311 Å². The molecule has 0 fully saturated rings. The first-order valence-electron chi connectivity index (χ1n) is 27.7. The quantitative estimate of drug-likeness (QED) is 0.0344. The molecule has 62 heavy (non-hydrogen) atoms. The Kier molecular flexibility index (Phi) is 47.6. The minimum atomic E-state index is -0.761. The van der Waals surface area contributed by atoms with Crippen LogP contribution in [0.2, 0.25) is 0 Å². The van der Waals surface area contributed by atoms with E-state index in [2.05, 4.69) is 34.6 Å². The van der Waals surface area contributed by atoms with Crippen LogP contribution in [0, 0.1) is 11.8 Å². The minimum absolute atomic E-state index is 0.0631. The van der Waals surface area contributed by atoms with Gasteiger partial charge in [-0.1, -0.05) is 272 Å². The van der Waals surface area contributed by atoms with Gasteiger partial charge in [0.25, 0.3) is 0 Å². The first kappa shape index (κ1) is 60.4. The van der Waals surface area contributed by atoms with Gasteiger partial charge in [0.15, 0.2) is 6.10 Å². The topological polar surface area (TPSA) is 78.9 Å². The van der Waals surface area contributed by atoms with Gasteiger partial charge in [0.2, 0.25) is 0 Å². The van der Waals surface area contributed by atoms with Crippen molar-refractivity contribution in [2.75, 3.05) is 13.2 Å². The van der Waals surface area contributed by atoms with E-state index in [1.165, 1.54) is 199 Å². The Labute approximate surface area is 387 Å². The zero-order valence-corrected chi connectivity index (χ0v) is 42.5. The maximum absolute atomic E-state index is 12.8. The molecule has 0 heterocycles. The van der Waals surface area contributed by atoms with E-state index < -0.39 is 6.10 Å². The van der Waals surface area contributed by atoms with Crippen LogP contribution in [0.15, 0.2) is 0 Å². The van der Waals surface area contributed by atoms with Gasteiger partial charge < -0.3 is 14.2 Å². The molecular weight excluding hydrogens is 769 g/mol. The zero-order valence-electron chi connectivity index (χ0n) is 42.5. The number of carbonyl (C=O) groups is 3. The third kappa shape index (κ3) is 49.4. The molecule has 6 nitrogen and oxygen atoms in total. The molecule has 0 saturated heterocycles. The maximum atomic E-state index is 12.8. The van der Waals surface area contributed by atoms with Crippen molar-refractivity contribution in [3.8, 4) is 0 Å². The normalized spacial score (nSPS) is 12.0. The third-order valence-electron chi connectivity index (χ3n) is 12.7. The molecule has 0 unspecified atom stereocenters. The minimum Gasteiger partial charge on any atom is -0.462 e. The van der Waals surface area contributed by atoms with E-state index in [1.54, 1.807) is 0 Å². The number of unbranched alkanes of at least 4 members (excludes halogenated alkanes) is 35. The number of hydrogen-bond donors (Lipinski definition) is 0. The van der Waals surface area contributed by atoms with Crippen molar-refractivity contribution in [1.29, 1.82) is 0 Å². The fourth-order valence-electron chi connectivity index (χ4n) is 8.52. The Balaban J connectivity index is 4.23. The lowest BCUT2D eigenvalue weighted by molar-refractivity contribution is -0.167. The average molecular weight is 877 g/mol. The number of hydrogen-bond acceptors (Lipinski definition) is 6. The van der Waals surface area contributed by atoms with Gasteiger partial charge in [-0.2, -0.15) is 0 Å². The second-order valence-electron chi connectivity index (χ2n) is 20.2. The highest BCUT2D eigenvalue weighted by atomic mass is 16.6. The monoisotopic (exact) mass is 877 g/mol. The van der Waals surface area contributed by atoms with Gasteiger partial charge in [0.1, 0.15) is 13.2 Å². The fraction of sp³-hybridized carbons (Fsp3) is 0.946. The van der Waals surface area contributed by atoms with Crippen molar-refractivity contribution >= 4 is 17.9 Å². The van der Waals surface area contributed by atoms with Crippen LogP contribution in [0.3, 0.4) is 0 Å². The molecule has 0 radical (unpaired) electrons. The molecule has 0 saturated carbocycles.